The van der Waals surface area contributed by atoms with E-state index in [-0.39, 0.29) is 23.1 Å². The Bertz CT molecular complexity index is 1210. The Morgan fingerprint density at radius 2 is 1.94 bits per heavy atom. The molecule has 0 saturated heterocycles. The molecule has 1 fully saturated rings. The van der Waals surface area contributed by atoms with Crippen molar-refractivity contribution in [2.75, 3.05) is 5.32 Å². The molecule has 2 N–H and O–H groups in total. The maximum Gasteiger partial charge on any atom is 0.258 e. The lowest BCUT2D eigenvalue weighted by Crippen LogP contribution is -2.35. The van der Waals surface area contributed by atoms with Crippen LogP contribution in [0, 0.1) is 5.92 Å². The third-order valence-electron chi connectivity index (χ3n) is 5.08. The zero-order chi connectivity index (χ0) is 23.0. The Hall–Kier alpha value is -1.94. The third-order valence-corrected chi connectivity index (χ3v) is 6.60. The second-order valence-corrected chi connectivity index (χ2v) is 9.95. The zero-order valence-electron chi connectivity index (χ0n) is 16.7. The van der Waals surface area contributed by atoms with Crippen LogP contribution in [-0.2, 0) is 0 Å². The summed E-state index contributed by atoms with van der Waals surface area (Å²) < 4.78 is 2.27. The molecule has 1 aromatic carbocycles. The van der Waals surface area contributed by atoms with Crippen molar-refractivity contribution in [3.63, 3.8) is 0 Å². The first-order valence-corrected chi connectivity index (χ1v) is 12.1. The van der Waals surface area contributed by atoms with Gasteiger partial charge in [0.1, 0.15) is 10.4 Å². The highest BCUT2D eigenvalue weighted by Gasteiger charge is 2.30. The third kappa shape index (κ3) is 5.01. The molecule has 7 nitrogen and oxygen atoms in total. The molecule has 166 valence electrons. The number of halogens is 4. The molecule has 0 bridgehead atoms. The highest BCUT2D eigenvalue weighted by atomic mass is 79.9. The van der Waals surface area contributed by atoms with Gasteiger partial charge in [-0.15, -0.1) is 0 Å². The van der Waals surface area contributed by atoms with Crippen LogP contribution in [0.25, 0.3) is 5.82 Å². The number of aromatic nitrogens is 3. The average Bonchev–Trinajstić information content (AvgIpc) is 3.51. The minimum absolute atomic E-state index is 0.0138. The summed E-state index contributed by atoms with van der Waals surface area (Å²) in [6, 6.07) is 8.05. The number of anilines is 1. The van der Waals surface area contributed by atoms with Crippen LogP contribution in [0.4, 0.5) is 5.82 Å². The number of nitrogens with zero attached hydrogens (tertiary/aromatic N) is 3. The van der Waals surface area contributed by atoms with Crippen molar-refractivity contribution in [3.8, 4) is 5.82 Å². The van der Waals surface area contributed by atoms with E-state index in [0.29, 0.717) is 36.7 Å². The molecule has 1 aliphatic carbocycles. The molecule has 11 heteroatoms. The van der Waals surface area contributed by atoms with Crippen LogP contribution in [0.2, 0.25) is 10.0 Å². The molecule has 3 aromatic rings. The molecular formula is C21H17Br2Cl2N5O2. The lowest BCUT2D eigenvalue weighted by molar-refractivity contribution is 0.0924. The van der Waals surface area contributed by atoms with E-state index in [1.165, 1.54) is 10.7 Å². The van der Waals surface area contributed by atoms with Gasteiger partial charge >= 0.3 is 0 Å². The lowest BCUT2D eigenvalue weighted by Gasteiger charge is -2.17. The van der Waals surface area contributed by atoms with Crippen LogP contribution in [0.3, 0.4) is 0 Å². The molecule has 1 aliphatic rings. The maximum atomic E-state index is 13.3. The van der Waals surface area contributed by atoms with Crippen LogP contribution in [0.5, 0.6) is 0 Å². The predicted molar refractivity (Wildman–Crippen MR) is 131 cm³/mol. The van der Waals surface area contributed by atoms with E-state index < -0.39 is 5.91 Å². The number of nitrogens with one attached hydrogen (secondary N) is 2. The Morgan fingerprint density at radius 1 is 1.19 bits per heavy atom. The number of hydrogen-bond donors (Lipinski definition) is 2. The number of pyridine rings is 1. The van der Waals surface area contributed by atoms with E-state index in [1.807, 2.05) is 6.92 Å². The maximum absolute atomic E-state index is 13.3. The Balaban J connectivity index is 1.67. The van der Waals surface area contributed by atoms with Gasteiger partial charge in [0.15, 0.2) is 5.82 Å². The van der Waals surface area contributed by atoms with Gasteiger partial charge in [-0.05, 0) is 81.8 Å². The van der Waals surface area contributed by atoms with Crippen molar-refractivity contribution >= 4 is 72.7 Å². The van der Waals surface area contributed by atoms with Crippen LogP contribution in [-0.4, -0.2) is 32.6 Å². The first-order valence-electron chi connectivity index (χ1n) is 9.72. The molecule has 0 spiro atoms. The fourth-order valence-corrected chi connectivity index (χ4v) is 4.86. The molecule has 1 unspecified atom stereocenters. The summed E-state index contributed by atoms with van der Waals surface area (Å²) in [7, 11) is 0. The Labute approximate surface area is 211 Å². The predicted octanol–water partition coefficient (Wildman–Crippen LogP) is 5.88. The van der Waals surface area contributed by atoms with Gasteiger partial charge in [-0.25, -0.2) is 4.98 Å². The monoisotopic (exact) mass is 599 g/mol. The molecule has 1 atom stereocenters. The lowest BCUT2D eigenvalue weighted by atomic mass is 10.0. The van der Waals surface area contributed by atoms with Gasteiger partial charge in [0.25, 0.3) is 11.8 Å². The Morgan fingerprint density at radius 3 is 2.62 bits per heavy atom. The average molecular weight is 602 g/mol. The van der Waals surface area contributed by atoms with Crippen molar-refractivity contribution in [1.29, 1.82) is 0 Å². The van der Waals surface area contributed by atoms with Gasteiger partial charge in [-0.2, -0.15) is 9.78 Å². The van der Waals surface area contributed by atoms with Gasteiger partial charge in [0, 0.05) is 27.8 Å². The number of rotatable bonds is 6. The van der Waals surface area contributed by atoms with Crippen LogP contribution >= 0.6 is 55.1 Å². The van der Waals surface area contributed by atoms with Crippen LogP contribution < -0.4 is 10.6 Å². The van der Waals surface area contributed by atoms with Crippen molar-refractivity contribution in [1.82, 2.24) is 20.1 Å². The molecule has 0 radical (unpaired) electrons. The van der Waals surface area contributed by atoms with E-state index in [2.05, 4.69) is 52.6 Å². The van der Waals surface area contributed by atoms with Crippen molar-refractivity contribution in [2.45, 2.75) is 25.8 Å². The highest BCUT2D eigenvalue weighted by Crippen LogP contribution is 2.33. The minimum atomic E-state index is -0.515. The van der Waals surface area contributed by atoms with Gasteiger partial charge in [-0.1, -0.05) is 23.2 Å². The van der Waals surface area contributed by atoms with Gasteiger partial charge in [0.2, 0.25) is 0 Å². The first kappa shape index (κ1) is 23.2. The minimum Gasteiger partial charge on any atom is -0.349 e. The number of carbonyl (C=O) groups excluding carboxylic acids is 2. The normalized spacial score (nSPS) is 14.2. The molecule has 0 aliphatic heterocycles. The summed E-state index contributed by atoms with van der Waals surface area (Å²) in [4.78, 5) is 30.5. The van der Waals surface area contributed by atoms with E-state index in [1.54, 1.807) is 30.5 Å². The van der Waals surface area contributed by atoms with Crippen LogP contribution in [0.1, 0.15) is 40.5 Å². The largest absolute Gasteiger partial charge is 0.349 e. The molecule has 2 aromatic heterocycles. The summed E-state index contributed by atoms with van der Waals surface area (Å²) in [5.74, 6) is 0.260. The van der Waals surface area contributed by atoms with Gasteiger partial charge in [0.05, 0.1) is 16.1 Å². The summed E-state index contributed by atoms with van der Waals surface area (Å²) in [6.07, 6.45) is 3.74. The SMILES string of the molecule is CC(NC(=O)c1cc(Cl)cc(Br)c1C(=O)Nc1cc(Br)nn1-c1ncccc1Cl)C1CC1. The smallest absolute Gasteiger partial charge is 0.258 e. The second-order valence-electron chi connectivity index (χ2n) is 7.44. The summed E-state index contributed by atoms with van der Waals surface area (Å²) in [6.45, 7) is 1.96. The summed E-state index contributed by atoms with van der Waals surface area (Å²) in [5, 5.41) is 10.8. The fraction of sp³-hybridized carbons (Fsp3) is 0.238. The topological polar surface area (TPSA) is 88.9 Å². The molecule has 2 heterocycles. The molecule has 32 heavy (non-hydrogen) atoms. The highest BCUT2D eigenvalue weighted by molar-refractivity contribution is 9.10. The number of hydrogen-bond acceptors (Lipinski definition) is 4. The van der Waals surface area contributed by atoms with Crippen molar-refractivity contribution in [3.05, 3.63) is 66.8 Å². The Kier molecular flexibility index (Phi) is 6.90. The zero-order valence-corrected chi connectivity index (χ0v) is 21.4. The van der Waals surface area contributed by atoms with Crippen LogP contribution in [0.15, 0.2) is 45.6 Å². The number of benzene rings is 1. The second kappa shape index (κ2) is 9.51. The van der Waals surface area contributed by atoms with Crippen molar-refractivity contribution in [2.24, 2.45) is 5.92 Å². The van der Waals surface area contributed by atoms with E-state index in [9.17, 15) is 9.59 Å². The fourth-order valence-electron chi connectivity index (χ4n) is 3.30. The molecule has 2 amide bonds. The molecule has 1 saturated carbocycles. The molecular weight excluding hydrogens is 585 g/mol. The summed E-state index contributed by atoms with van der Waals surface area (Å²) >= 11 is 19.1. The van der Waals surface area contributed by atoms with E-state index in [0.717, 1.165) is 12.8 Å². The molecule has 4 rings (SSSR count). The summed E-state index contributed by atoms with van der Waals surface area (Å²) in [5.41, 5.74) is 0.335. The van der Waals surface area contributed by atoms with Gasteiger partial charge < -0.3 is 10.6 Å². The van der Waals surface area contributed by atoms with E-state index in [4.69, 9.17) is 23.2 Å². The number of amides is 2. The van der Waals surface area contributed by atoms with Gasteiger partial charge in [-0.3, -0.25) is 9.59 Å². The standard InChI is InChI=1S/C21H17Br2Cl2N5O2/c1-10(11-4-5-11)27-20(31)13-7-12(24)8-14(22)18(13)21(32)28-17-9-16(23)29-30(17)19-15(25)3-2-6-26-19/h2-3,6-11H,4-5H2,1H3,(H,27,31)(H,28,32). The quantitative estimate of drug-likeness (QED) is 0.369. The van der Waals surface area contributed by atoms with Crippen molar-refractivity contribution < 1.29 is 9.59 Å². The first-order chi connectivity index (χ1) is 15.2. The number of carbonyl (C=O) groups is 2. The van der Waals surface area contributed by atoms with E-state index >= 15 is 0 Å².